The molecule has 1 fully saturated rings. The number of aliphatic hydroxyl groups excluding tert-OH is 1. The van der Waals surface area contributed by atoms with Crippen molar-refractivity contribution in [3.05, 3.63) is 53.4 Å². The van der Waals surface area contributed by atoms with Gasteiger partial charge in [0, 0.05) is 19.2 Å². The lowest BCUT2D eigenvalue weighted by Crippen LogP contribution is -2.61. The highest BCUT2D eigenvalue weighted by atomic mass is 16.5. The largest absolute Gasteiger partial charge is 0.389 e. The van der Waals surface area contributed by atoms with Crippen LogP contribution in [0.1, 0.15) is 23.4 Å². The molecule has 1 aliphatic heterocycles. The number of likely N-dealkylation sites (tertiary alicyclic amines) is 1. The van der Waals surface area contributed by atoms with Crippen LogP contribution in [0.2, 0.25) is 0 Å². The molecule has 1 aliphatic rings. The van der Waals surface area contributed by atoms with Gasteiger partial charge in [0.1, 0.15) is 5.76 Å². The van der Waals surface area contributed by atoms with Crippen molar-refractivity contribution >= 4 is 5.91 Å². The number of aromatic nitrogens is 1. The molecule has 2 aromatic rings. The highest BCUT2D eigenvalue weighted by molar-refractivity contribution is 5.78. The topological polar surface area (TPSA) is 69.8 Å². The summed E-state index contributed by atoms with van der Waals surface area (Å²) in [5, 5.41) is 14.8. The first-order valence-electron chi connectivity index (χ1n) is 8.54. The van der Waals surface area contributed by atoms with Crippen molar-refractivity contribution in [2.75, 3.05) is 27.2 Å². The lowest BCUT2D eigenvalue weighted by molar-refractivity contribution is -0.140. The maximum absolute atomic E-state index is 12.6. The third-order valence-corrected chi connectivity index (χ3v) is 5.13. The normalized spacial score (nSPS) is 23.9. The van der Waals surface area contributed by atoms with Crippen LogP contribution in [-0.2, 0) is 16.8 Å². The molecule has 2 heterocycles. The molecule has 134 valence electrons. The zero-order valence-corrected chi connectivity index (χ0v) is 15.0. The number of likely N-dealkylation sites (N-methyl/N-ethyl adjacent to an activating group) is 1. The molecule has 1 aromatic carbocycles. The van der Waals surface area contributed by atoms with Crippen molar-refractivity contribution < 1.29 is 14.4 Å². The Hall–Kier alpha value is -2.18. The van der Waals surface area contributed by atoms with Gasteiger partial charge in [-0.1, -0.05) is 35.5 Å². The van der Waals surface area contributed by atoms with E-state index in [1.54, 1.807) is 11.0 Å². The Morgan fingerprint density at radius 2 is 2.12 bits per heavy atom. The fourth-order valence-corrected chi connectivity index (χ4v) is 3.75. The predicted octanol–water partition coefficient (Wildman–Crippen LogP) is 1.58. The number of nitrogens with zero attached hydrogens (tertiary/aromatic N) is 3. The number of aliphatic hydroxyl groups is 1. The molecule has 2 atom stereocenters. The maximum atomic E-state index is 12.6. The van der Waals surface area contributed by atoms with Gasteiger partial charge in [0.25, 0.3) is 0 Å². The molecule has 0 bridgehead atoms. The summed E-state index contributed by atoms with van der Waals surface area (Å²) in [5.74, 6) is 0.514. The average molecular weight is 343 g/mol. The summed E-state index contributed by atoms with van der Waals surface area (Å²) in [5.41, 5.74) is 1.35. The van der Waals surface area contributed by atoms with Gasteiger partial charge in [-0.05, 0) is 33.0 Å². The van der Waals surface area contributed by atoms with Crippen LogP contribution >= 0.6 is 0 Å². The van der Waals surface area contributed by atoms with Gasteiger partial charge in [-0.3, -0.25) is 9.69 Å². The van der Waals surface area contributed by atoms with Crippen LogP contribution < -0.4 is 0 Å². The number of piperidine rings is 1. The minimum atomic E-state index is -0.668. The molecular weight excluding hydrogens is 318 g/mol. The highest BCUT2D eigenvalue weighted by Crippen LogP contribution is 2.37. The number of hydrogen-bond donors (Lipinski definition) is 1. The molecule has 3 rings (SSSR count). The summed E-state index contributed by atoms with van der Waals surface area (Å²) in [6.45, 7) is 2.72. The van der Waals surface area contributed by atoms with Gasteiger partial charge in [0.05, 0.1) is 23.8 Å². The molecule has 1 aromatic heterocycles. The van der Waals surface area contributed by atoms with Crippen molar-refractivity contribution in [2.24, 2.45) is 0 Å². The third-order valence-electron chi connectivity index (χ3n) is 5.13. The van der Waals surface area contributed by atoms with E-state index in [0.717, 1.165) is 11.3 Å². The number of aryl methyl sites for hydroxylation is 1. The Labute approximate surface area is 148 Å². The van der Waals surface area contributed by atoms with E-state index in [1.165, 1.54) is 0 Å². The van der Waals surface area contributed by atoms with E-state index in [2.05, 4.69) is 10.1 Å². The quantitative estimate of drug-likeness (QED) is 0.913. The molecule has 1 amide bonds. The van der Waals surface area contributed by atoms with Crippen molar-refractivity contribution in [2.45, 2.75) is 31.4 Å². The molecule has 1 saturated heterocycles. The van der Waals surface area contributed by atoms with Crippen LogP contribution in [-0.4, -0.2) is 59.3 Å². The lowest BCUT2D eigenvalue weighted by atomic mass is 9.77. The number of benzene rings is 1. The van der Waals surface area contributed by atoms with E-state index in [9.17, 15) is 9.90 Å². The second-order valence-corrected chi connectivity index (χ2v) is 6.90. The first-order chi connectivity index (χ1) is 11.9. The van der Waals surface area contributed by atoms with Crippen LogP contribution in [0.3, 0.4) is 0 Å². The Bertz CT molecular complexity index is 729. The van der Waals surface area contributed by atoms with Gasteiger partial charge in [-0.25, -0.2) is 0 Å². The van der Waals surface area contributed by atoms with E-state index < -0.39 is 11.6 Å². The summed E-state index contributed by atoms with van der Waals surface area (Å²) < 4.78 is 5.13. The van der Waals surface area contributed by atoms with Crippen molar-refractivity contribution in [3.8, 4) is 0 Å². The Morgan fingerprint density at radius 1 is 1.40 bits per heavy atom. The minimum Gasteiger partial charge on any atom is -0.389 e. The summed E-state index contributed by atoms with van der Waals surface area (Å²) in [7, 11) is 3.95. The third kappa shape index (κ3) is 3.32. The summed E-state index contributed by atoms with van der Waals surface area (Å²) in [6.07, 6.45) is 0.180. The first kappa shape index (κ1) is 17.6. The maximum Gasteiger partial charge on any atom is 0.230 e. The van der Waals surface area contributed by atoms with E-state index in [4.69, 9.17) is 4.52 Å². The number of hydrogen-bond acceptors (Lipinski definition) is 5. The van der Waals surface area contributed by atoms with Crippen LogP contribution in [0.15, 0.2) is 40.9 Å². The zero-order chi connectivity index (χ0) is 18.0. The van der Waals surface area contributed by atoms with Crippen LogP contribution in [0.4, 0.5) is 0 Å². The fourth-order valence-electron chi connectivity index (χ4n) is 3.75. The van der Waals surface area contributed by atoms with Crippen LogP contribution in [0.5, 0.6) is 0 Å². The molecule has 25 heavy (non-hydrogen) atoms. The molecular formula is C19H25N3O3. The number of amides is 1. The first-order valence-corrected chi connectivity index (χ1v) is 8.54. The monoisotopic (exact) mass is 343 g/mol. The molecule has 0 unspecified atom stereocenters. The summed E-state index contributed by atoms with van der Waals surface area (Å²) >= 11 is 0. The van der Waals surface area contributed by atoms with Crippen molar-refractivity contribution in [3.63, 3.8) is 0 Å². The molecule has 0 spiro atoms. The minimum absolute atomic E-state index is 0.0457. The Morgan fingerprint density at radius 3 is 2.68 bits per heavy atom. The summed E-state index contributed by atoms with van der Waals surface area (Å²) in [6, 6.07) is 11.8. The van der Waals surface area contributed by atoms with Crippen molar-refractivity contribution in [1.29, 1.82) is 0 Å². The number of β-amino-alcohol motifs (C(OH)–C–C–N with tert-alkyl or cyclic N) is 1. The van der Waals surface area contributed by atoms with Gasteiger partial charge >= 0.3 is 0 Å². The zero-order valence-electron chi connectivity index (χ0n) is 15.0. The lowest BCUT2D eigenvalue weighted by Gasteiger charge is -2.49. The van der Waals surface area contributed by atoms with Gasteiger partial charge < -0.3 is 14.5 Å². The Balaban J connectivity index is 1.75. The summed E-state index contributed by atoms with van der Waals surface area (Å²) in [4.78, 5) is 16.3. The molecule has 0 aliphatic carbocycles. The highest BCUT2D eigenvalue weighted by Gasteiger charge is 2.46. The smallest absolute Gasteiger partial charge is 0.230 e. The predicted molar refractivity (Wildman–Crippen MR) is 94.0 cm³/mol. The van der Waals surface area contributed by atoms with E-state index >= 15 is 0 Å². The number of carbonyl (C=O) groups is 1. The number of carbonyl (C=O) groups excluding carboxylic acids is 1. The molecule has 1 N–H and O–H groups in total. The van der Waals surface area contributed by atoms with Crippen molar-refractivity contribution in [1.82, 2.24) is 15.0 Å². The SMILES string of the molecule is Cc1cc(CC(=O)N2CC[C@@](c3ccccc3)(N(C)C)[C@H](O)C2)on1. The van der Waals surface area contributed by atoms with Crippen LogP contribution in [0.25, 0.3) is 0 Å². The van der Waals surface area contributed by atoms with Gasteiger partial charge in [0.2, 0.25) is 5.91 Å². The van der Waals surface area contributed by atoms with Gasteiger partial charge in [0.15, 0.2) is 0 Å². The van der Waals surface area contributed by atoms with E-state index in [0.29, 0.717) is 25.3 Å². The van der Waals surface area contributed by atoms with E-state index in [-0.39, 0.29) is 12.3 Å². The second-order valence-electron chi connectivity index (χ2n) is 6.90. The Kier molecular flexibility index (Phi) is 4.92. The molecule has 0 radical (unpaired) electrons. The van der Waals surface area contributed by atoms with Gasteiger partial charge in [-0.15, -0.1) is 0 Å². The molecule has 6 nitrogen and oxygen atoms in total. The fraction of sp³-hybridized carbons (Fsp3) is 0.474. The standard InChI is InChI=1S/C19H25N3O3/c1-14-11-16(25-20-14)12-18(24)22-10-9-19(21(2)3,17(23)13-22)15-7-5-4-6-8-15/h4-8,11,17,23H,9-10,12-13H2,1-3H3/t17-,19+/m1/s1. The second kappa shape index (κ2) is 6.98. The van der Waals surface area contributed by atoms with E-state index in [1.807, 2.05) is 51.4 Å². The molecule has 0 saturated carbocycles. The van der Waals surface area contributed by atoms with Crippen LogP contribution in [0, 0.1) is 6.92 Å². The van der Waals surface area contributed by atoms with Gasteiger partial charge in [-0.2, -0.15) is 0 Å². The number of rotatable bonds is 4. The average Bonchev–Trinajstić information content (AvgIpc) is 3.00. The molecule has 6 heteroatoms.